The van der Waals surface area contributed by atoms with E-state index in [1.807, 2.05) is 0 Å². The van der Waals surface area contributed by atoms with Gasteiger partial charge in [0.25, 0.3) is 0 Å². The van der Waals surface area contributed by atoms with Crippen LogP contribution in [0, 0.1) is 11.8 Å². The van der Waals surface area contributed by atoms with Crippen LogP contribution >= 0.6 is 0 Å². The summed E-state index contributed by atoms with van der Waals surface area (Å²) >= 11 is 0. The van der Waals surface area contributed by atoms with E-state index < -0.39 is 0 Å². The zero-order valence-electron chi connectivity index (χ0n) is 11.8. The second-order valence-corrected chi connectivity index (χ2v) is 4.56. The quantitative estimate of drug-likeness (QED) is 0.406. The monoisotopic (exact) mass is 272 g/mol. The molecule has 0 fully saturated rings. The molecule has 0 radical (unpaired) electrons. The summed E-state index contributed by atoms with van der Waals surface area (Å²) in [6.45, 7) is 6.19. The molecule has 0 saturated carbocycles. The summed E-state index contributed by atoms with van der Waals surface area (Å²) in [5.74, 6) is -1.03. The van der Waals surface area contributed by atoms with Gasteiger partial charge in [-0.2, -0.15) is 0 Å². The molecule has 110 valence electrons. The number of hydrogen-bond donors (Lipinski definition) is 4. The van der Waals surface area contributed by atoms with E-state index in [0.717, 1.165) is 0 Å². The smallest absolute Gasteiger partial charge is 0.224 e. The number of amides is 3. The van der Waals surface area contributed by atoms with Crippen LogP contribution in [0.25, 0.3) is 0 Å². The first kappa shape index (κ1) is 17.4. The van der Waals surface area contributed by atoms with Crippen molar-refractivity contribution in [3.63, 3.8) is 0 Å². The van der Waals surface area contributed by atoms with Gasteiger partial charge in [0.2, 0.25) is 17.7 Å². The molecule has 0 heterocycles. The summed E-state index contributed by atoms with van der Waals surface area (Å²) in [5, 5.41) is 7.92. The highest BCUT2D eigenvalue weighted by molar-refractivity contribution is 5.81. The zero-order valence-corrected chi connectivity index (χ0v) is 11.8. The topological polar surface area (TPSA) is 113 Å². The van der Waals surface area contributed by atoms with E-state index in [1.54, 1.807) is 13.8 Å². The molecule has 2 atom stereocenters. The molecule has 0 rings (SSSR count). The van der Waals surface area contributed by atoms with Crippen LogP contribution in [0.5, 0.6) is 0 Å². The fourth-order valence-electron chi connectivity index (χ4n) is 1.23. The lowest BCUT2D eigenvalue weighted by atomic mass is 10.1. The van der Waals surface area contributed by atoms with Crippen molar-refractivity contribution in [2.75, 3.05) is 26.2 Å². The molecule has 19 heavy (non-hydrogen) atoms. The molecular formula is C12H24N4O3. The summed E-state index contributed by atoms with van der Waals surface area (Å²) in [6, 6.07) is 0. The molecule has 3 amide bonds. The maximum Gasteiger partial charge on any atom is 0.224 e. The van der Waals surface area contributed by atoms with Gasteiger partial charge in [-0.25, -0.2) is 0 Å². The van der Waals surface area contributed by atoms with Crippen molar-refractivity contribution in [2.24, 2.45) is 17.6 Å². The first-order valence-corrected chi connectivity index (χ1v) is 6.38. The van der Waals surface area contributed by atoms with Gasteiger partial charge in [0, 0.05) is 39.0 Å². The van der Waals surface area contributed by atoms with Crippen molar-refractivity contribution in [1.29, 1.82) is 0 Å². The van der Waals surface area contributed by atoms with Gasteiger partial charge in [0.05, 0.1) is 5.92 Å². The average molecular weight is 272 g/mol. The van der Waals surface area contributed by atoms with Gasteiger partial charge in [0.15, 0.2) is 0 Å². The Kier molecular flexibility index (Phi) is 8.52. The molecule has 0 aromatic carbocycles. The molecule has 0 spiro atoms. The van der Waals surface area contributed by atoms with Crippen LogP contribution in [0.4, 0.5) is 0 Å². The maximum atomic E-state index is 11.6. The van der Waals surface area contributed by atoms with E-state index in [-0.39, 0.29) is 42.6 Å². The molecule has 0 aliphatic carbocycles. The van der Waals surface area contributed by atoms with Crippen molar-refractivity contribution in [3.05, 3.63) is 0 Å². The van der Waals surface area contributed by atoms with Gasteiger partial charge in [-0.05, 0) is 0 Å². The molecule has 0 aromatic heterocycles. The van der Waals surface area contributed by atoms with Crippen LogP contribution in [0.2, 0.25) is 0 Å². The fourth-order valence-corrected chi connectivity index (χ4v) is 1.23. The standard InChI is InChI=1S/C12H24N4O3/c1-8(6-13)11(18)16-7-9(2)12(19)15-5-4-14-10(3)17/h8-9H,4-7,13H2,1-3H3,(H,14,17)(H,15,19)(H,16,18). The van der Waals surface area contributed by atoms with Crippen molar-refractivity contribution >= 4 is 17.7 Å². The number of nitrogens with two attached hydrogens (primary N) is 1. The van der Waals surface area contributed by atoms with E-state index in [1.165, 1.54) is 6.92 Å². The molecule has 2 unspecified atom stereocenters. The molecule has 0 aliphatic heterocycles. The Morgan fingerprint density at radius 1 is 0.947 bits per heavy atom. The number of hydrogen-bond acceptors (Lipinski definition) is 4. The minimum atomic E-state index is -0.328. The Morgan fingerprint density at radius 3 is 2.00 bits per heavy atom. The Hall–Kier alpha value is -1.63. The molecular weight excluding hydrogens is 248 g/mol. The third-order valence-corrected chi connectivity index (χ3v) is 2.63. The van der Waals surface area contributed by atoms with Crippen LogP contribution in [0.3, 0.4) is 0 Å². The van der Waals surface area contributed by atoms with Crippen molar-refractivity contribution in [3.8, 4) is 0 Å². The summed E-state index contributed by atoms with van der Waals surface area (Å²) < 4.78 is 0. The first-order chi connectivity index (χ1) is 8.88. The largest absolute Gasteiger partial charge is 0.355 e. The van der Waals surface area contributed by atoms with E-state index in [2.05, 4.69) is 16.0 Å². The van der Waals surface area contributed by atoms with Crippen LogP contribution in [-0.4, -0.2) is 43.9 Å². The summed E-state index contributed by atoms with van der Waals surface area (Å²) in [5.41, 5.74) is 5.37. The molecule has 0 bridgehead atoms. The summed E-state index contributed by atoms with van der Waals surface area (Å²) in [6.07, 6.45) is 0. The van der Waals surface area contributed by atoms with E-state index in [0.29, 0.717) is 13.1 Å². The highest BCUT2D eigenvalue weighted by Crippen LogP contribution is 1.95. The van der Waals surface area contributed by atoms with Gasteiger partial charge in [-0.15, -0.1) is 0 Å². The third kappa shape index (κ3) is 8.15. The normalized spacial score (nSPS) is 13.3. The lowest BCUT2D eigenvalue weighted by molar-refractivity contribution is -0.126. The van der Waals surface area contributed by atoms with E-state index >= 15 is 0 Å². The second kappa shape index (κ2) is 9.32. The van der Waals surface area contributed by atoms with Crippen molar-refractivity contribution in [1.82, 2.24) is 16.0 Å². The Bertz CT molecular complexity index is 320. The number of nitrogens with one attached hydrogen (secondary N) is 3. The predicted octanol–water partition coefficient (Wildman–Crippen LogP) is -1.41. The van der Waals surface area contributed by atoms with Crippen molar-refractivity contribution < 1.29 is 14.4 Å². The summed E-state index contributed by atoms with van der Waals surface area (Å²) in [4.78, 5) is 33.7. The van der Waals surface area contributed by atoms with Crippen LogP contribution < -0.4 is 21.7 Å². The first-order valence-electron chi connectivity index (χ1n) is 6.38. The lowest BCUT2D eigenvalue weighted by Crippen LogP contribution is -2.42. The highest BCUT2D eigenvalue weighted by Gasteiger charge is 2.15. The van der Waals surface area contributed by atoms with Crippen LogP contribution in [0.15, 0.2) is 0 Å². The molecule has 7 heteroatoms. The Morgan fingerprint density at radius 2 is 1.47 bits per heavy atom. The molecule has 0 aliphatic rings. The second-order valence-electron chi connectivity index (χ2n) is 4.56. The minimum Gasteiger partial charge on any atom is -0.355 e. The Labute approximate surface area is 113 Å². The average Bonchev–Trinajstić information content (AvgIpc) is 2.38. The fraction of sp³-hybridized carbons (Fsp3) is 0.750. The molecule has 0 saturated heterocycles. The van der Waals surface area contributed by atoms with Crippen molar-refractivity contribution in [2.45, 2.75) is 20.8 Å². The summed E-state index contributed by atoms with van der Waals surface area (Å²) in [7, 11) is 0. The zero-order chi connectivity index (χ0) is 14.8. The van der Waals surface area contributed by atoms with E-state index in [4.69, 9.17) is 5.73 Å². The molecule has 0 aromatic rings. The van der Waals surface area contributed by atoms with Gasteiger partial charge in [0.1, 0.15) is 0 Å². The number of rotatable bonds is 8. The third-order valence-electron chi connectivity index (χ3n) is 2.63. The van der Waals surface area contributed by atoms with Gasteiger partial charge < -0.3 is 21.7 Å². The highest BCUT2D eigenvalue weighted by atomic mass is 16.2. The number of carbonyl (C=O) groups is 3. The van der Waals surface area contributed by atoms with Gasteiger partial charge in [-0.3, -0.25) is 14.4 Å². The molecule has 7 nitrogen and oxygen atoms in total. The number of carbonyl (C=O) groups excluding carboxylic acids is 3. The lowest BCUT2D eigenvalue weighted by Gasteiger charge is -2.15. The van der Waals surface area contributed by atoms with Gasteiger partial charge in [-0.1, -0.05) is 13.8 Å². The molecule has 5 N–H and O–H groups in total. The predicted molar refractivity (Wildman–Crippen MR) is 72.1 cm³/mol. The van der Waals surface area contributed by atoms with Crippen LogP contribution in [0.1, 0.15) is 20.8 Å². The Balaban J connectivity index is 3.81. The van der Waals surface area contributed by atoms with Crippen LogP contribution in [-0.2, 0) is 14.4 Å². The minimum absolute atomic E-state index is 0.134. The van der Waals surface area contributed by atoms with Gasteiger partial charge >= 0.3 is 0 Å². The SMILES string of the molecule is CC(=O)NCCNC(=O)C(C)CNC(=O)C(C)CN. The van der Waals surface area contributed by atoms with E-state index in [9.17, 15) is 14.4 Å². The maximum absolute atomic E-state index is 11.6.